The maximum absolute atomic E-state index is 12.8. The van der Waals surface area contributed by atoms with Gasteiger partial charge in [0.25, 0.3) is 5.91 Å². The van der Waals surface area contributed by atoms with Crippen molar-refractivity contribution < 1.29 is 9.59 Å². The maximum Gasteiger partial charge on any atom is 0.253 e. The zero-order valence-corrected chi connectivity index (χ0v) is 16.6. The van der Waals surface area contributed by atoms with Gasteiger partial charge in [-0.05, 0) is 50.5 Å². The summed E-state index contributed by atoms with van der Waals surface area (Å²) in [4.78, 5) is 33.0. The summed E-state index contributed by atoms with van der Waals surface area (Å²) in [6.45, 7) is 10.2. The summed E-state index contributed by atoms with van der Waals surface area (Å²) in [6.07, 6.45) is 4.52. The quantitative estimate of drug-likeness (QED) is 0.815. The van der Waals surface area contributed by atoms with Crippen LogP contribution in [0.2, 0.25) is 0 Å². The third-order valence-corrected chi connectivity index (χ3v) is 5.56. The predicted molar refractivity (Wildman–Crippen MR) is 105 cm³/mol. The number of amides is 2. The van der Waals surface area contributed by atoms with Gasteiger partial charge in [0, 0.05) is 51.1 Å². The van der Waals surface area contributed by atoms with Crippen LogP contribution < -0.4 is 0 Å². The Bertz CT molecular complexity index is 842. The van der Waals surface area contributed by atoms with E-state index in [2.05, 4.69) is 4.98 Å². The molecule has 0 saturated carbocycles. The van der Waals surface area contributed by atoms with Gasteiger partial charge in [0.2, 0.25) is 5.91 Å². The van der Waals surface area contributed by atoms with Crippen LogP contribution in [0.1, 0.15) is 40.7 Å². The molecule has 0 N–H and O–H groups in total. The van der Waals surface area contributed by atoms with Crippen molar-refractivity contribution in [3.8, 4) is 0 Å². The molecular weight excluding hydrogens is 340 g/mol. The average molecular weight is 368 g/mol. The summed E-state index contributed by atoms with van der Waals surface area (Å²) in [5, 5.41) is 0. The highest BCUT2D eigenvalue weighted by molar-refractivity contribution is 5.94. The molecule has 1 aromatic carbocycles. The van der Waals surface area contributed by atoms with Crippen LogP contribution in [-0.2, 0) is 11.3 Å². The van der Waals surface area contributed by atoms with Gasteiger partial charge in [0.15, 0.2) is 0 Å². The van der Waals surface area contributed by atoms with E-state index in [9.17, 15) is 9.59 Å². The van der Waals surface area contributed by atoms with Crippen molar-refractivity contribution in [3.05, 3.63) is 53.1 Å². The van der Waals surface area contributed by atoms with Crippen LogP contribution in [-0.4, -0.2) is 56.8 Å². The number of aryl methyl sites for hydroxylation is 3. The largest absolute Gasteiger partial charge is 0.337 e. The Morgan fingerprint density at radius 3 is 2.63 bits per heavy atom. The zero-order valence-electron chi connectivity index (χ0n) is 16.6. The highest BCUT2D eigenvalue weighted by atomic mass is 16.2. The van der Waals surface area contributed by atoms with Crippen LogP contribution in [0.15, 0.2) is 30.6 Å². The number of imidazole rings is 1. The fourth-order valence-corrected chi connectivity index (χ4v) is 3.69. The highest BCUT2D eigenvalue weighted by Gasteiger charge is 2.32. The van der Waals surface area contributed by atoms with Gasteiger partial charge in [0.05, 0.1) is 6.04 Å². The molecule has 144 valence electrons. The Balaban J connectivity index is 1.65. The smallest absolute Gasteiger partial charge is 0.253 e. The molecule has 1 fully saturated rings. The molecule has 1 aromatic heterocycles. The van der Waals surface area contributed by atoms with Gasteiger partial charge in [-0.2, -0.15) is 0 Å². The Morgan fingerprint density at radius 1 is 1.22 bits per heavy atom. The second kappa shape index (κ2) is 7.94. The number of aromatic nitrogens is 2. The second-order valence-electron chi connectivity index (χ2n) is 7.37. The summed E-state index contributed by atoms with van der Waals surface area (Å²) < 4.78 is 2.04. The third-order valence-electron chi connectivity index (χ3n) is 5.56. The van der Waals surface area contributed by atoms with E-state index in [0.29, 0.717) is 26.2 Å². The van der Waals surface area contributed by atoms with E-state index in [-0.39, 0.29) is 17.9 Å². The predicted octanol–water partition coefficient (Wildman–Crippen LogP) is 2.57. The van der Waals surface area contributed by atoms with Crippen molar-refractivity contribution in [1.82, 2.24) is 19.4 Å². The lowest BCUT2D eigenvalue weighted by Crippen LogP contribution is -2.43. The normalized spacial score (nSPS) is 16.6. The first kappa shape index (κ1) is 19.1. The van der Waals surface area contributed by atoms with Crippen molar-refractivity contribution >= 4 is 11.8 Å². The minimum Gasteiger partial charge on any atom is -0.337 e. The number of likely N-dealkylation sites (tertiary alicyclic amines) is 1. The Morgan fingerprint density at radius 2 is 2.00 bits per heavy atom. The molecule has 1 aliphatic rings. The molecule has 6 heteroatoms. The molecule has 0 spiro atoms. The number of carbonyl (C=O) groups excluding carboxylic acids is 2. The van der Waals surface area contributed by atoms with Crippen LogP contribution >= 0.6 is 0 Å². The number of nitrogens with zero attached hydrogens (tertiary/aromatic N) is 4. The van der Waals surface area contributed by atoms with Gasteiger partial charge in [-0.15, -0.1) is 0 Å². The lowest BCUT2D eigenvalue weighted by molar-refractivity contribution is -0.131. The van der Waals surface area contributed by atoms with Crippen LogP contribution in [0.25, 0.3) is 0 Å². The van der Waals surface area contributed by atoms with E-state index in [1.165, 1.54) is 5.56 Å². The average Bonchev–Trinajstić information content (AvgIpc) is 3.26. The number of carbonyl (C=O) groups is 2. The molecule has 1 unspecified atom stereocenters. The molecule has 27 heavy (non-hydrogen) atoms. The van der Waals surface area contributed by atoms with E-state index >= 15 is 0 Å². The lowest BCUT2D eigenvalue weighted by Gasteiger charge is -2.28. The van der Waals surface area contributed by atoms with E-state index in [4.69, 9.17) is 0 Å². The molecule has 1 saturated heterocycles. The van der Waals surface area contributed by atoms with Crippen LogP contribution in [0.5, 0.6) is 0 Å². The first-order valence-electron chi connectivity index (χ1n) is 9.48. The molecule has 2 amide bonds. The number of benzene rings is 1. The molecule has 0 aliphatic carbocycles. The number of rotatable bonds is 5. The minimum absolute atomic E-state index is 0.0505. The van der Waals surface area contributed by atoms with Gasteiger partial charge in [-0.25, -0.2) is 4.98 Å². The zero-order chi connectivity index (χ0) is 19.6. The van der Waals surface area contributed by atoms with Crippen molar-refractivity contribution in [2.75, 3.05) is 19.6 Å². The molecule has 1 aliphatic heterocycles. The topological polar surface area (TPSA) is 58.4 Å². The van der Waals surface area contributed by atoms with Gasteiger partial charge < -0.3 is 14.4 Å². The highest BCUT2D eigenvalue weighted by Crippen LogP contribution is 2.20. The third kappa shape index (κ3) is 4.21. The Kier molecular flexibility index (Phi) is 5.63. The van der Waals surface area contributed by atoms with Crippen molar-refractivity contribution in [1.29, 1.82) is 0 Å². The molecule has 0 radical (unpaired) electrons. The molecule has 2 aromatic rings. The van der Waals surface area contributed by atoms with Crippen LogP contribution in [0, 0.1) is 20.8 Å². The maximum atomic E-state index is 12.8. The number of hydrogen-bond donors (Lipinski definition) is 0. The lowest BCUT2D eigenvalue weighted by atomic mass is 10.1. The monoisotopic (exact) mass is 368 g/mol. The molecule has 6 nitrogen and oxygen atoms in total. The summed E-state index contributed by atoms with van der Waals surface area (Å²) in [5.74, 6) is 1.05. The van der Waals surface area contributed by atoms with Crippen molar-refractivity contribution in [2.24, 2.45) is 0 Å². The summed E-state index contributed by atoms with van der Waals surface area (Å²) in [7, 11) is 0. The van der Waals surface area contributed by atoms with E-state index < -0.39 is 0 Å². The number of hydrogen-bond acceptors (Lipinski definition) is 3. The van der Waals surface area contributed by atoms with Gasteiger partial charge in [-0.1, -0.05) is 6.07 Å². The fraction of sp³-hybridized carbons (Fsp3) is 0.476. The van der Waals surface area contributed by atoms with Crippen LogP contribution in [0.3, 0.4) is 0 Å². The van der Waals surface area contributed by atoms with E-state index in [1.54, 1.807) is 13.1 Å². The Labute approximate surface area is 160 Å². The summed E-state index contributed by atoms with van der Waals surface area (Å²) >= 11 is 0. The summed E-state index contributed by atoms with van der Waals surface area (Å²) in [6, 6.07) is 5.91. The molecule has 2 heterocycles. The van der Waals surface area contributed by atoms with E-state index in [1.807, 2.05) is 59.5 Å². The summed E-state index contributed by atoms with van der Waals surface area (Å²) in [5.41, 5.74) is 3.03. The van der Waals surface area contributed by atoms with Crippen molar-refractivity contribution in [3.63, 3.8) is 0 Å². The minimum atomic E-state index is 0.0505. The SMILES string of the molecule is CC(=O)N(CCn1ccnc1C)C1CCN(C(=O)c2ccc(C)c(C)c2)C1. The molecular formula is C21H28N4O2. The van der Waals surface area contributed by atoms with Crippen molar-refractivity contribution in [2.45, 2.75) is 46.7 Å². The molecule has 3 rings (SSSR count). The first-order chi connectivity index (χ1) is 12.9. The first-order valence-corrected chi connectivity index (χ1v) is 9.48. The Hall–Kier alpha value is -2.63. The van der Waals surface area contributed by atoms with Crippen LogP contribution in [0.4, 0.5) is 0 Å². The standard InChI is InChI=1S/C21H28N4O2/c1-15-5-6-19(13-16(15)2)21(27)24-9-7-20(14-24)25(18(4)26)12-11-23-10-8-22-17(23)3/h5-6,8,10,13,20H,7,9,11-12,14H2,1-4H3. The molecule has 1 atom stereocenters. The second-order valence-corrected chi connectivity index (χ2v) is 7.37. The van der Waals surface area contributed by atoms with Gasteiger partial charge in [-0.3, -0.25) is 9.59 Å². The molecule has 0 bridgehead atoms. The van der Waals surface area contributed by atoms with E-state index in [0.717, 1.165) is 23.4 Å². The van der Waals surface area contributed by atoms with Gasteiger partial charge >= 0.3 is 0 Å². The van der Waals surface area contributed by atoms with Gasteiger partial charge in [0.1, 0.15) is 5.82 Å². The fourth-order valence-electron chi connectivity index (χ4n) is 3.69.